The number of benzene rings is 2. The molecule has 1 saturated heterocycles. The lowest BCUT2D eigenvalue weighted by Crippen LogP contribution is -2.46. The maximum absolute atomic E-state index is 13.3. The van der Waals surface area contributed by atoms with E-state index in [1.807, 2.05) is 42.5 Å². The molecular formula is C23H23BrClN5O. The average Bonchev–Trinajstić information content (AvgIpc) is 3.34. The van der Waals surface area contributed by atoms with Gasteiger partial charge in [0.05, 0.1) is 17.0 Å². The molecule has 4 aromatic rings. The van der Waals surface area contributed by atoms with E-state index in [0.29, 0.717) is 17.1 Å². The number of aromatic nitrogens is 2. The minimum atomic E-state index is -0.0737. The van der Waals surface area contributed by atoms with Gasteiger partial charge in [-0.2, -0.15) is 0 Å². The molecular weight excluding hydrogens is 478 g/mol. The number of rotatable bonds is 5. The molecule has 0 atom stereocenters. The van der Waals surface area contributed by atoms with Gasteiger partial charge in [0.15, 0.2) is 0 Å². The lowest BCUT2D eigenvalue weighted by atomic mass is 10.1. The van der Waals surface area contributed by atoms with Gasteiger partial charge in [0, 0.05) is 70.6 Å². The predicted molar refractivity (Wildman–Crippen MR) is 130 cm³/mol. The van der Waals surface area contributed by atoms with Crippen LogP contribution < -0.4 is 10.6 Å². The summed E-state index contributed by atoms with van der Waals surface area (Å²) in [5.41, 5.74) is 4.18. The molecule has 0 unspecified atom stereocenters. The van der Waals surface area contributed by atoms with E-state index in [-0.39, 0.29) is 5.91 Å². The molecule has 160 valence electrons. The summed E-state index contributed by atoms with van der Waals surface area (Å²) in [6, 6.07) is 13.7. The fourth-order valence-electron chi connectivity index (χ4n) is 4.20. The molecule has 2 aromatic carbocycles. The molecule has 1 aliphatic rings. The summed E-state index contributed by atoms with van der Waals surface area (Å²) in [7, 11) is 0. The van der Waals surface area contributed by atoms with Gasteiger partial charge >= 0.3 is 0 Å². The van der Waals surface area contributed by atoms with E-state index in [1.165, 1.54) is 0 Å². The number of amides is 1. The number of nitrogens with one attached hydrogen (secondary N) is 4. The molecule has 8 heteroatoms. The van der Waals surface area contributed by atoms with Crippen molar-refractivity contribution in [1.82, 2.24) is 25.5 Å². The summed E-state index contributed by atoms with van der Waals surface area (Å²) < 4.78 is 0.960. The standard InChI is InChI=1S/C23H23BrClN5O/c24-15-1-3-17-19(13-15)29-22(20-12-14-11-16(25)2-4-18(14)28-20)21(17)23(31)27-7-10-30-8-5-26-6-9-30/h1-4,11-13,26,28-29H,5-10H2,(H,27,31). The van der Waals surface area contributed by atoms with E-state index in [1.54, 1.807) is 0 Å². The van der Waals surface area contributed by atoms with Crippen LogP contribution in [0.25, 0.3) is 33.2 Å². The van der Waals surface area contributed by atoms with Gasteiger partial charge in [0.2, 0.25) is 0 Å². The van der Waals surface area contributed by atoms with Crippen molar-refractivity contribution in [1.29, 1.82) is 0 Å². The summed E-state index contributed by atoms with van der Waals surface area (Å²) in [6.07, 6.45) is 0. The summed E-state index contributed by atoms with van der Waals surface area (Å²) >= 11 is 9.69. The van der Waals surface area contributed by atoms with E-state index in [4.69, 9.17) is 11.6 Å². The van der Waals surface area contributed by atoms with Gasteiger partial charge in [-0.05, 0) is 36.4 Å². The van der Waals surface area contributed by atoms with Crippen molar-refractivity contribution in [3.05, 3.63) is 57.5 Å². The predicted octanol–water partition coefficient (Wildman–Crippen LogP) is 4.37. The Kier molecular flexibility index (Phi) is 5.75. The zero-order valence-electron chi connectivity index (χ0n) is 16.9. The summed E-state index contributed by atoms with van der Waals surface area (Å²) in [6.45, 7) is 5.49. The Balaban J connectivity index is 1.48. The van der Waals surface area contributed by atoms with Crippen LogP contribution in [0.5, 0.6) is 0 Å². The highest BCUT2D eigenvalue weighted by atomic mass is 79.9. The number of fused-ring (bicyclic) bond motifs is 2. The number of hydrogen-bond acceptors (Lipinski definition) is 3. The molecule has 4 N–H and O–H groups in total. The fraction of sp³-hybridized carbons (Fsp3) is 0.261. The lowest BCUT2D eigenvalue weighted by molar-refractivity contribution is 0.0949. The smallest absolute Gasteiger partial charge is 0.254 e. The number of H-pyrrole nitrogens is 2. The van der Waals surface area contributed by atoms with E-state index in [0.717, 1.165) is 70.4 Å². The molecule has 1 amide bonds. The molecule has 1 fully saturated rings. The van der Waals surface area contributed by atoms with Crippen LogP contribution in [0.1, 0.15) is 10.4 Å². The van der Waals surface area contributed by atoms with Crippen LogP contribution >= 0.6 is 27.5 Å². The van der Waals surface area contributed by atoms with Gasteiger partial charge in [0.1, 0.15) is 0 Å². The molecule has 0 spiro atoms. The van der Waals surface area contributed by atoms with Crippen molar-refractivity contribution in [3.8, 4) is 11.4 Å². The average molecular weight is 501 g/mol. The van der Waals surface area contributed by atoms with Crippen molar-refractivity contribution in [2.45, 2.75) is 0 Å². The topological polar surface area (TPSA) is 76.0 Å². The quantitative estimate of drug-likeness (QED) is 0.329. The van der Waals surface area contributed by atoms with Crippen LogP contribution in [0.4, 0.5) is 0 Å². The second-order valence-corrected chi connectivity index (χ2v) is 9.18. The number of carbonyl (C=O) groups excluding carboxylic acids is 1. The molecule has 0 aliphatic carbocycles. The maximum atomic E-state index is 13.3. The molecule has 2 aromatic heterocycles. The normalized spacial score (nSPS) is 15.0. The van der Waals surface area contributed by atoms with E-state index < -0.39 is 0 Å². The minimum Gasteiger partial charge on any atom is -0.353 e. The van der Waals surface area contributed by atoms with Gasteiger partial charge in [-0.15, -0.1) is 0 Å². The fourth-order valence-corrected chi connectivity index (χ4v) is 4.74. The number of nitrogens with zero attached hydrogens (tertiary/aromatic N) is 1. The molecule has 6 nitrogen and oxygen atoms in total. The maximum Gasteiger partial charge on any atom is 0.254 e. The summed E-state index contributed by atoms with van der Waals surface area (Å²) in [5, 5.41) is 9.07. The van der Waals surface area contributed by atoms with E-state index in [9.17, 15) is 4.79 Å². The van der Waals surface area contributed by atoms with Gasteiger partial charge in [-0.1, -0.05) is 33.6 Å². The van der Waals surface area contributed by atoms with Gasteiger partial charge in [-0.3, -0.25) is 9.69 Å². The number of halogens is 2. The van der Waals surface area contributed by atoms with Crippen LogP contribution in [0.15, 0.2) is 46.9 Å². The van der Waals surface area contributed by atoms with Crippen LogP contribution in [-0.2, 0) is 0 Å². The third-order valence-corrected chi connectivity index (χ3v) is 6.49. The molecule has 1 aliphatic heterocycles. The highest BCUT2D eigenvalue weighted by Gasteiger charge is 2.21. The van der Waals surface area contributed by atoms with Crippen LogP contribution in [0, 0.1) is 0 Å². The second-order valence-electron chi connectivity index (χ2n) is 7.83. The number of piperazine rings is 1. The Morgan fingerprint density at radius 1 is 1.06 bits per heavy atom. The molecule has 0 saturated carbocycles. The van der Waals surface area contributed by atoms with Crippen molar-refractivity contribution in [3.63, 3.8) is 0 Å². The largest absolute Gasteiger partial charge is 0.353 e. The monoisotopic (exact) mass is 499 g/mol. The third-order valence-electron chi connectivity index (χ3n) is 5.76. The van der Waals surface area contributed by atoms with Crippen LogP contribution in [-0.4, -0.2) is 60.0 Å². The minimum absolute atomic E-state index is 0.0737. The van der Waals surface area contributed by atoms with Crippen molar-refractivity contribution < 1.29 is 4.79 Å². The van der Waals surface area contributed by atoms with Gasteiger partial charge in [-0.25, -0.2) is 0 Å². The van der Waals surface area contributed by atoms with Gasteiger partial charge < -0.3 is 20.6 Å². The van der Waals surface area contributed by atoms with Crippen molar-refractivity contribution >= 4 is 55.2 Å². The number of hydrogen-bond donors (Lipinski definition) is 4. The third kappa shape index (κ3) is 4.23. The lowest BCUT2D eigenvalue weighted by Gasteiger charge is -2.27. The zero-order chi connectivity index (χ0) is 21.4. The molecule has 3 heterocycles. The first kappa shape index (κ1) is 20.6. The first-order valence-corrected chi connectivity index (χ1v) is 11.6. The molecule has 0 bridgehead atoms. The Labute approximate surface area is 193 Å². The Morgan fingerprint density at radius 2 is 1.90 bits per heavy atom. The first-order valence-electron chi connectivity index (χ1n) is 10.4. The van der Waals surface area contributed by atoms with Crippen LogP contribution in [0.2, 0.25) is 5.02 Å². The van der Waals surface area contributed by atoms with E-state index >= 15 is 0 Å². The second kappa shape index (κ2) is 8.67. The molecule has 0 radical (unpaired) electrons. The number of aromatic amines is 2. The molecule has 5 rings (SSSR count). The zero-order valence-corrected chi connectivity index (χ0v) is 19.2. The number of carbonyl (C=O) groups is 1. The Hall–Kier alpha value is -2.32. The highest BCUT2D eigenvalue weighted by molar-refractivity contribution is 9.10. The Bertz CT molecular complexity index is 1260. The summed E-state index contributed by atoms with van der Waals surface area (Å²) in [5.74, 6) is -0.0737. The van der Waals surface area contributed by atoms with Gasteiger partial charge in [0.25, 0.3) is 5.91 Å². The summed E-state index contributed by atoms with van der Waals surface area (Å²) in [4.78, 5) is 22.5. The van der Waals surface area contributed by atoms with Crippen molar-refractivity contribution in [2.24, 2.45) is 0 Å². The highest BCUT2D eigenvalue weighted by Crippen LogP contribution is 2.33. The SMILES string of the molecule is O=C(NCCN1CCNCC1)c1c(-c2cc3cc(Cl)ccc3[nH]2)[nH]c2cc(Br)ccc12. The Morgan fingerprint density at radius 3 is 2.74 bits per heavy atom. The van der Waals surface area contributed by atoms with Crippen LogP contribution in [0.3, 0.4) is 0 Å². The molecule has 31 heavy (non-hydrogen) atoms. The van der Waals surface area contributed by atoms with Crippen molar-refractivity contribution in [2.75, 3.05) is 39.3 Å². The van der Waals surface area contributed by atoms with E-state index in [2.05, 4.69) is 41.4 Å². The first-order chi connectivity index (χ1) is 15.1.